The number of rotatable bonds is 3. The minimum Gasteiger partial charge on any atom is -0.465 e. The molecule has 1 N–H and O–H groups in total. The molecule has 3 rings (SSSR count). The molecule has 1 aliphatic carbocycles. The van der Waals surface area contributed by atoms with Crippen LogP contribution >= 0.6 is 11.3 Å². The van der Waals surface area contributed by atoms with Crippen LogP contribution in [0.5, 0.6) is 0 Å². The molecule has 0 unspecified atom stereocenters. The molecule has 0 radical (unpaired) electrons. The van der Waals surface area contributed by atoms with Crippen LogP contribution in [0.4, 0.5) is 5.00 Å². The molecule has 0 atom stereocenters. The van der Waals surface area contributed by atoms with E-state index in [9.17, 15) is 9.59 Å². The van der Waals surface area contributed by atoms with E-state index in [1.807, 2.05) is 18.2 Å². The highest BCUT2D eigenvalue weighted by atomic mass is 32.1. The summed E-state index contributed by atoms with van der Waals surface area (Å²) in [5.74, 6) is -0.570. The van der Waals surface area contributed by atoms with E-state index in [4.69, 9.17) is 4.74 Å². The summed E-state index contributed by atoms with van der Waals surface area (Å²) >= 11 is 1.51. The highest BCUT2D eigenvalue weighted by Crippen LogP contribution is 2.38. The lowest BCUT2D eigenvalue weighted by molar-refractivity contribution is 0.0601. The van der Waals surface area contributed by atoms with Crippen molar-refractivity contribution in [2.45, 2.75) is 32.1 Å². The number of esters is 1. The van der Waals surface area contributed by atoms with E-state index >= 15 is 0 Å². The molecular formula is C18H19NO3S. The first kappa shape index (κ1) is 15.7. The summed E-state index contributed by atoms with van der Waals surface area (Å²) in [6, 6.07) is 9.01. The van der Waals surface area contributed by atoms with Crippen molar-refractivity contribution >= 4 is 28.2 Å². The molecule has 1 aliphatic rings. The Kier molecular flexibility index (Phi) is 4.76. The number of carbonyl (C=O) groups excluding carboxylic acids is 2. The van der Waals surface area contributed by atoms with Crippen LogP contribution in [0.1, 0.15) is 50.4 Å². The number of benzene rings is 1. The van der Waals surface area contributed by atoms with Crippen LogP contribution in [0.2, 0.25) is 0 Å². The van der Waals surface area contributed by atoms with Crippen molar-refractivity contribution in [3.63, 3.8) is 0 Å². The fourth-order valence-electron chi connectivity index (χ4n) is 2.91. The normalized spacial score (nSPS) is 13.8. The fourth-order valence-corrected chi connectivity index (χ4v) is 4.19. The lowest BCUT2D eigenvalue weighted by Gasteiger charge is -2.07. The number of fused-ring (bicyclic) bond motifs is 1. The number of aryl methyl sites for hydroxylation is 1. The molecule has 0 saturated carbocycles. The average molecular weight is 329 g/mol. The van der Waals surface area contributed by atoms with E-state index in [1.54, 1.807) is 12.1 Å². The van der Waals surface area contributed by atoms with Crippen LogP contribution in [-0.4, -0.2) is 19.0 Å². The van der Waals surface area contributed by atoms with Gasteiger partial charge >= 0.3 is 5.97 Å². The van der Waals surface area contributed by atoms with Gasteiger partial charge < -0.3 is 10.1 Å². The minimum absolute atomic E-state index is 0.202. The van der Waals surface area contributed by atoms with E-state index < -0.39 is 0 Å². The maximum Gasteiger partial charge on any atom is 0.341 e. The Morgan fingerprint density at radius 1 is 1.09 bits per heavy atom. The smallest absolute Gasteiger partial charge is 0.341 e. The van der Waals surface area contributed by atoms with Gasteiger partial charge in [-0.3, -0.25) is 4.79 Å². The summed E-state index contributed by atoms with van der Waals surface area (Å²) < 4.78 is 4.95. The van der Waals surface area contributed by atoms with Crippen LogP contribution in [-0.2, 0) is 17.6 Å². The Morgan fingerprint density at radius 2 is 1.83 bits per heavy atom. The molecule has 1 amide bonds. The molecule has 0 fully saturated rings. The Labute approximate surface area is 139 Å². The van der Waals surface area contributed by atoms with Crippen molar-refractivity contribution in [3.8, 4) is 0 Å². The van der Waals surface area contributed by atoms with Crippen molar-refractivity contribution in [2.24, 2.45) is 0 Å². The van der Waals surface area contributed by atoms with Crippen molar-refractivity contribution in [2.75, 3.05) is 12.4 Å². The number of hydrogen-bond donors (Lipinski definition) is 1. The summed E-state index contributed by atoms with van der Waals surface area (Å²) in [5.41, 5.74) is 2.17. The molecule has 1 heterocycles. The predicted octanol–water partition coefficient (Wildman–Crippen LogP) is 4.06. The topological polar surface area (TPSA) is 55.4 Å². The fraction of sp³-hybridized carbons (Fsp3) is 0.333. The van der Waals surface area contributed by atoms with E-state index in [-0.39, 0.29) is 11.9 Å². The molecule has 2 aromatic rings. The maximum atomic E-state index is 12.4. The largest absolute Gasteiger partial charge is 0.465 e. The van der Waals surface area contributed by atoms with Crippen LogP contribution in [0.3, 0.4) is 0 Å². The Balaban J connectivity index is 1.95. The Hall–Kier alpha value is -2.14. The number of anilines is 1. The summed E-state index contributed by atoms with van der Waals surface area (Å²) in [4.78, 5) is 25.8. The van der Waals surface area contributed by atoms with E-state index in [0.717, 1.165) is 31.2 Å². The molecule has 1 aromatic heterocycles. The second-order valence-corrected chi connectivity index (χ2v) is 6.69. The number of carbonyl (C=O) groups is 2. The number of methoxy groups -OCH3 is 1. The third-order valence-electron chi connectivity index (χ3n) is 4.07. The highest BCUT2D eigenvalue weighted by Gasteiger charge is 2.26. The number of thiophene rings is 1. The van der Waals surface area contributed by atoms with Gasteiger partial charge in [0.2, 0.25) is 0 Å². The quantitative estimate of drug-likeness (QED) is 0.682. The van der Waals surface area contributed by atoms with E-state index in [1.165, 1.54) is 29.7 Å². The average Bonchev–Trinajstić information content (AvgIpc) is 2.76. The zero-order valence-electron chi connectivity index (χ0n) is 13.1. The summed E-state index contributed by atoms with van der Waals surface area (Å²) in [5, 5.41) is 3.51. The first-order chi connectivity index (χ1) is 11.2. The number of nitrogens with one attached hydrogen (secondary N) is 1. The standard InChI is InChI=1S/C18H19NO3S/c1-22-18(21)15-13-10-6-3-7-11-14(13)23-17(15)19-16(20)12-8-4-2-5-9-12/h2,4-5,8-9H,3,6-7,10-11H2,1H3,(H,19,20). The number of hydrogen-bond acceptors (Lipinski definition) is 4. The lowest BCUT2D eigenvalue weighted by Crippen LogP contribution is -2.14. The molecule has 0 saturated heterocycles. The van der Waals surface area contributed by atoms with E-state index in [0.29, 0.717) is 16.1 Å². The van der Waals surface area contributed by atoms with Gasteiger partial charge in [-0.2, -0.15) is 0 Å². The van der Waals surface area contributed by atoms with Gasteiger partial charge in [0.1, 0.15) is 5.00 Å². The minimum atomic E-state index is -0.368. The first-order valence-electron chi connectivity index (χ1n) is 7.80. The van der Waals surface area contributed by atoms with Crippen LogP contribution in [0.15, 0.2) is 30.3 Å². The van der Waals surface area contributed by atoms with Gasteiger partial charge in [0.15, 0.2) is 0 Å². The summed E-state index contributed by atoms with van der Waals surface area (Å²) in [6.07, 6.45) is 5.20. The molecule has 0 spiro atoms. The van der Waals surface area contributed by atoms with Gasteiger partial charge in [0.05, 0.1) is 12.7 Å². The second kappa shape index (κ2) is 6.96. The van der Waals surface area contributed by atoms with Crippen LogP contribution in [0.25, 0.3) is 0 Å². The van der Waals surface area contributed by atoms with Gasteiger partial charge in [-0.1, -0.05) is 24.6 Å². The zero-order chi connectivity index (χ0) is 16.2. The van der Waals surface area contributed by atoms with Crippen molar-refractivity contribution in [1.29, 1.82) is 0 Å². The Morgan fingerprint density at radius 3 is 2.57 bits per heavy atom. The predicted molar refractivity (Wildman–Crippen MR) is 91.3 cm³/mol. The van der Waals surface area contributed by atoms with Crippen LogP contribution in [0, 0.1) is 0 Å². The molecule has 0 bridgehead atoms. The van der Waals surface area contributed by atoms with E-state index in [2.05, 4.69) is 5.32 Å². The zero-order valence-corrected chi connectivity index (χ0v) is 13.9. The summed E-state index contributed by atoms with van der Waals surface area (Å²) in [6.45, 7) is 0. The van der Waals surface area contributed by atoms with Gasteiger partial charge in [-0.15, -0.1) is 11.3 Å². The highest BCUT2D eigenvalue weighted by molar-refractivity contribution is 7.17. The third-order valence-corrected chi connectivity index (χ3v) is 5.28. The first-order valence-corrected chi connectivity index (χ1v) is 8.61. The van der Waals surface area contributed by atoms with Gasteiger partial charge in [-0.25, -0.2) is 4.79 Å². The van der Waals surface area contributed by atoms with Crippen molar-refractivity contribution in [1.82, 2.24) is 0 Å². The molecule has 0 aliphatic heterocycles. The monoisotopic (exact) mass is 329 g/mol. The lowest BCUT2D eigenvalue weighted by atomic mass is 10.1. The molecule has 1 aromatic carbocycles. The molecule has 4 nitrogen and oxygen atoms in total. The van der Waals surface area contributed by atoms with Gasteiger partial charge in [0.25, 0.3) is 5.91 Å². The SMILES string of the molecule is COC(=O)c1c(NC(=O)c2ccccc2)sc2c1CCCCC2. The molecular weight excluding hydrogens is 310 g/mol. The number of amides is 1. The van der Waals surface area contributed by atoms with Gasteiger partial charge in [-0.05, 0) is 43.4 Å². The second-order valence-electron chi connectivity index (χ2n) is 5.58. The maximum absolute atomic E-state index is 12.4. The van der Waals surface area contributed by atoms with Crippen LogP contribution < -0.4 is 5.32 Å². The molecule has 120 valence electrons. The molecule has 5 heteroatoms. The number of ether oxygens (including phenoxy) is 1. The third kappa shape index (κ3) is 3.29. The molecule has 23 heavy (non-hydrogen) atoms. The van der Waals surface area contributed by atoms with Crippen molar-refractivity contribution in [3.05, 3.63) is 51.9 Å². The van der Waals surface area contributed by atoms with Crippen molar-refractivity contribution < 1.29 is 14.3 Å². The summed E-state index contributed by atoms with van der Waals surface area (Å²) in [7, 11) is 1.38. The Bertz CT molecular complexity index is 721. The van der Waals surface area contributed by atoms with Gasteiger partial charge in [0, 0.05) is 10.4 Å².